The van der Waals surface area contributed by atoms with Gasteiger partial charge >= 0.3 is 0 Å². The van der Waals surface area contributed by atoms with Gasteiger partial charge in [0.2, 0.25) is 0 Å². The lowest BCUT2D eigenvalue weighted by Gasteiger charge is -2.42. The van der Waals surface area contributed by atoms with Gasteiger partial charge in [0.05, 0.1) is 32.2 Å². The number of pyridine rings is 1. The lowest BCUT2D eigenvalue weighted by molar-refractivity contribution is 0.332. The van der Waals surface area contributed by atoms with Crippen LogP contribution in [0.25, 0.3) is 49.9 Å². The van der Waals surface area contributed by atoms with Crippen molar-refractivity contribution in [2.75, 3.05) is 16.5 Å². The van der Waals surface area contributed by atoms with Crippen molar-refractivity contribution in [3.63, 3.8) is 0 Å². The molecule has 0 atom stereocenters. The third-order valence-corrected chi connectivity index (χ3v) is 16.2. The highest BCUT2D eigenvalue weighted by molar-refractivity contribution is 6.09. The van der Waals surface area contributed by atoms with E-state index < -0.39 is 23.1 Å². The summed E-state index contributed by atoms with van der Waals surface area (Å²) in [6.07, 6.45) is 2.21. The van der Waals surface area contributed by atoms with Crippen molar-refractivity contribution in [1.29, 1.82) is 0 Å². The first-order chi connectivity index (χ1) is 38.4. The van der Waals surface area contributed by atoms with Crippen LogP contribution in [0.1, 0.15) is 157 Å². The van der Waals surface area contributed by atoms with Gasteiger partial charge in [-0.2, -0.15) is 0 Å². The number of benzene rings is 7. The SMILES string of the molecule is [2H]c1c([2H])c(C(C)(C)C)c([2H])c(C(C)(C)C)c1-c1cc(C([2H])([2H])C(C)C)cc(-c2ccc3c(c2)C(C)(C)CCC3(C)C)c1N1CN(c2cccc(Oc3ccc4c5ccccc5n(-c5cc(C(C)(C)C)ccn5)c4c3)c2)c2ccccc21. The second-order valence-corrected chi connectivity index (χ2v) is 26.5. The van der Waals surface area contributed by atoms with Crippen LogP contribution in [0.3, 0.4) is 0 Å². The number of rotatable bonds is 9. The van der Waals surface area contributed by atoms with Gasteiger partial charge in [0.25, 0.3) is 0 Å². The topological polar surface area (TPSA) is 33.5 Å². The Morgan fingerprint density at radius 1 is 0.597 bits per heavy atom. The van der Waals surface area contributed by atoms with Crippen LogP contribution in [0.5, 0.6) is 11.5 Å². The monoisotopic (exact) mass is 1020 g/mol. The lowest BCUT2D eigenvalue weighted by atomic mass is 9.63. The van der Waals surface area contributed by atoms with E-state index in [9.17, 15) is 6.85 Å². The first-order valence-corrected chi connectivity index (χ1v) is 27.8. The van der Waals surface area contributed by atoms with Crippen LogP contribution >= 0.6 is 0 Å². The Morgan fingerprint density at radius 2 is 1.26 bits per heavy atom. The molecule has 0 saturated heterocycles. The Kier molecular flexibility index (Phi) is 11.2. The van der Waals surface area contributed by atoms with E-state index in [0.29, 0.717) is 46.0 Å². The fourth-order valence-electron chi connectivity index (χ4n) is 11.8. The summed E-state index contributed by atoms with van der Waals surface area (Å²) in [6, 6.07) is 46.9. The quantitative estimate of drug-likeness (QED) is 0.144. The summed E-state index contributed by atoms with van der Waals surface area (Å²) in [4.78, 5) is 9.53. The average Bonchev–Trinajstić information content (AvgIpc) is 1.81. The molecule has 5 heteroatoms. The normalized spacial score (nSPS) is 16.5. The highest BCUT2D eigenvalue weighted by atomic mass is 16.5. The summed E-state index contributed by atoms with van der Waals surface area (Å²) < 4.78 is 58.9. The molecule has 2 aromatic heterocycles. The predicted molar refractivity (Wildman–Crippen MR) is 328 cm³/mol. The van der Waals surface area contributed by atoms with Crippen molar-refractivity contribution >= 4 is 44.6 Å². The maximum Gasteiger partial charge on any atom is 0.137 e. The zero-order valence-electron chi connectivity index (χ0n) is 53.2. The minimum Gasteiger partial charge on any atom is -0.457 e. The molecule has 0 fully saturated rings. The molecule has 394 valence electrons. The first-order valence-electron chi connectivity index (χ1n) is 30.3. The van der Waals surface area contributed by atoms with E-state index in [0.717, 1.165) is 74.3 Å². The molecule has 0 unspecified atom stereocenters. The molecular weight excluding hydrogens is 937 g/mol. The second kappa shape index (κ2) is 18.8. The average molecular weight is 1020 g/mol. The molecule has 0 amide bonds. The number of aromatic nitrogens is 2. The number of ether oxygens (including phenoxy) is 1. The molecule has 9 aromatic rings. The lowest BCUT2D eigenvalue weighted by Crippen LogP contribution is -2.33. The maximum absolute atomic E-state index is 10.2. The molecular formula is C72H80N4O. The number of anilines is 4. The van der Waals surface area contributed by atoms with Crippen molar-refractivity contribution in [2.24, 2.45) is 5.92 Å². The van der Waals surface area contributed by atoms with Gasteiger partial charge in [-0.05, 0) is 163 Å². The maximum atomic E-state index is 10.2. The molecule has 1 aliphatic carbocycles. The third-order valence-electron chi connectivity index (χ3n) is 16.2. The number of hydrogen-bond acceptors (Lipinski definition) is 4. The number of nitrogens with zero attached hydrogens (tertiary/aromatic N) is 4. The van der Waals surface area contributed by atoms with E-state index in [4.69, 9.17) is 9.72 Å². The molecule has 11 rings (SSSR count). The molecule has 2 aliphatic rings. The highest BCUT2D eigenvalue weighted by Gasteiger charge is 2.39. The minimum absolute atomic E-state index is 0.0234. The van der Waals surface area contributed by atoms with E-state index in [1.165, 1.54) is 16.7 Å². The van der Waals surface area contributed by atoms with E-state index in [2.05, 4.69) is 193 Å². The first kappa shape index (κ1) is 46.0. The van der Waals surface area contributed by atoms with Gasteiger partial charge in [0, 0.05) is 48.7 Å². The van der Waals surface area contributed by atoms with Crippen LogP contribution < -0.4 is 14.5 Å². The summed E-state index contributed by atoms with van der Waals surface area (Å²) in [6.45, 7) is 32.5. The van der Waals surface area contributed by atoms with Crippen LogP contribution in [0.15, 0.2) is 158 Å². The Balaban J connectivity index is 1.11. The minimum atomic E-state index is -1.79. The zero-order chi connectivity index (χ0) is 59.0. The van der Waals surface area contributed by atoms with Crippen LogP contribution in [-0.4, -0.2) is 16.2 Å². The van der Waals surface area contributed by atoms with Crippen molar-refractivity contribution in [2.45, 2.75) is 150 Å². The highest BCUT2D eigenvalue weighted by Crippen LogP contribution is 2.54. The molecule has 77 heavy (non-hydrogen) atoms. The van der Waals surface area contributed by atoms with Gasteiger partial charge in [0.15, 0.2) is 0 Å². The molecule has 1 aliphatic heterocycles. The Morgan fingerprint density at radius 3 is 1.97 bits per heavy atom. The number of fused-ring (bicyclic) bond motifs is 5. The van der Waals surface area contributed by atoms with E-state index in [1.807, 2.05) is 65.1 Å². The molecule has 5 nitrogen and oxygen atoms in total. The third kappa shape index (κ3) is 9.63. The largest absolute Gasteiger partial charge is 0.457 e. The summed E-state index contributed by atoms with van der Waals surface area (Å²) in [5, 5.41) is 2.25. The van der Waals surface area contributed by atoms with Crippen LogP contribution in [-0.2, 0) is 33.4 Å². The van der Waals surface area contributed by atoms with Gasteiger partial charge in [0.1, 0.15) is 24.0 Å². The summed E-state index contributed by atoms with van der Waals surface area (Å²) in [5.74, 6) is 1.82. The van der Waals surface area contributed by atoms with Crippen molar-refractivity contribution in [3.8, 4) is 39.6 Å². The molecule has 0 N–H and O–H groups in total. The van der Waals surface area contributed by atoms with Crippen LogP contribution in [0.2, 0.25) is 0 Å². The second-order valence-electron chi connectivity index (χ2n) is 26.5. The van der Waals surface area contributed by atoms with Gasteiger partial charge in [-0.25, -0.2) is 4.98 Å². The van der Waals surface area contributed by atoms with Crippen LogP contribution in [0.4, 0.5) is 22.7 Å². The van der Waals surface area contributed by atoms with Gasteiger partial charge < -0.3 is 14.5 Å². The van der Waals surface area contributed by atoms with Gasteiger partial charge in [-0.3, -0.25) is 4.57 Å². The number of hydrogen-bond donors (Lipinski definition) is 0. The Bertz CT molecular complexity index is 4010. The number of para-hydroxylation sites is 3. The molecule has 0 radical (unpaired) electrons. The van der Waals surface area contributed by atoms with E-state index in [1.54, 1.807) is 0 Å². The van der Waals surface area contributed by atoms with Gasteiger partial charge in [-0.15, -0.1) is 0 Å². The molecule has 7 aromatic carbocycles. The summed E-state index contributed by atoms with van der Waals surface area (Å²) in [5.41, 5.74) is 12.7. The molecule has 3 heterocycles. The summed E-state index contributed by atoms with van der Waals surface area (Å²) in [7, 11) is 0. The fraction of sp³-hybridized carbons (Fsp3) is 0.347. The van der Waals surface area contributed by atoms with Gasteiger partial charge in [-0.1, -0.05) is 177 Å². The molecule has 0 saturated carbocycles. The van der Waals surface area contributed by atoms with Crippen molar-refractivity contribution in [1.82, 2.24) is 9.55 Å². The van der Waals surface area contributed by atoms with Crippen LogP contribution in [0, 0.1) is 5.92 Å². The van der Waals surface area contributed by atoms with Crippen molar-refractivity contribution in [3.05, 3.63) is 191 Å². The Labute approximate surface area is 467 Å². The fourth-order valence-corrected chi connectivity index (χ4v) is 11.8. The van der Waals surface area contributed by atoms with Crippen molar-refractivity contribution < 1.29 is 11.6 Å². The molecule has 0 spiro atoms. The predicted octanol–water partition coefficient (Wildman–Crippen LogP) is 20.0. The standard InChI is InChI=1S/C72H80N4O/c1-46(2)37-47-38-57(48-27-32-59-61(40-48)72(14,15)35-34-71(59,12)13)67(58(39-47)54-30-28-49(68(3,4)5)41-60(54)70(9,10)11)75-45-74(63-25-18-19-26-64(63)75)51-21-20-22-52(43-51)77-53-29-31-56-55-23-16-17-24-62(55)76(65(56)44-53)66-42-50(33-36-73-66)69(6,7)8/h16-33,36,38-44,46H,34-35,37,45H2,1-15H3/i28D,30D,37D2,41D. The zero-order valence-corrected chi connectivity index (χ0v) is 48.2. The molecule has 0 bridgehead atoms. The van der Waals surface area contributed by atoms with E-state index >= 15 is 0 Å². The summed E-state index contributed by atoms with van der Waals surface area (Å²) >= 11 is 0. The Hall–Kier alpha value is -7.11. The smallest absolute Gasteiger partial charge is 0.137 e. The van der Waals surface area contributed by atoms with E-state index in [-0.39, 0.29) is 34.4 Å².